The van der Waals surface area contributed by atoms with Crippen molar-refractivity contribution >= 4 is 15.9 Å². The molecule has 3 heteroatoms. The molecule has 1 atom stereocenters. The van der Waals surface area contributed by atoms with E-state index in [0.717, 1.165) is 30.5 Å². The van der Waals surface area contributed by atoms with Gasteiger partial charge in [-0.15, -0.1) is 0 Å². The molecular weight excluding hydrogens is 254 g/mol. The van der Waals surface area contributed by atoms with Gasteiger partial charge in [0.05, 0.1) is 0 Å². The van der Waals surface area contributed by atoms with Crippen LogP contribution in [0, 0.1) is 5.92 Å². The number of hydrogen-bond donors (Lipinski definition) is 1. The van der Waals surface area contributed by atoms with Crippen LogP contribution in [0.25, 0.3) is 0 Å². The van der Waals surface area contributed by atoms with Crippen LogP contribution >= 0.6 is 15.9 Å². The molecule has 2 rings (SSSR count). The number of rotatable bonds is 2. The summed E-state index contributed by atoms with van der Waals surface area (Å²) in [5.74, 6) is 0.553. The molecule has 82 valence electrons. The smallest absolute Gasteiger partial charge is 0.0469 e. The van der Waals surface area contributed by atoms with Crippen molar-refractivity contribution in [2.24, 2.45) is 11.7 Å². The fourth-order valence-corrected chi connectivity index (χ4v) is 2.62. The quantitative estimate of drug-likeness (QED) is 0.896. The predicted molar refractivity (Wildman–Crippen MR) is 64.6 cm³/mol. The Morgan fingerprint density at radius 2 is 1.93 bits per heavy atom. The maximum atomic E-state index is 6.28. The molecule has 1 aromatic carbocycles. The third-order valence-electron chi connectivity index (χ3n) is 3.04. The van der Waals surface area contributed by atoms with Gasteiger partial charge >= 0.3 is 0 Å². The maximum absolute atomic E-state index is 6.28. The summed E-state index contributed by atoms with van der Waals surface area (Å²) in [5, 5.41) is 0. The Balaban J connectivity index is 2.12. The van der Waals surface area contributed by atoms with E-state index in [-0.39, 0.29) is 6.04 Å². The van der Waals surface area contributed by atoms with E-state index in [1.165, 1.54) is 5.56 Å². The van der Waals surface area contributed by atoms with Crippen LogP contribution in [0.15, 0.2) is 28.7 Å². The summed E-state index contributed by atoms with van der Waals surface area (Å²) in [4.78, 5) is 0. The van der Waals surface area contributed by atoms with E-state index in [1.54, 1.807) is 0 Å². The predicted octanol–water partition coefficient (Wildman–Crippen LogP) is 2.88. The SMILES string of the molecule is N[C@H](c1ccccc1Br)C1CCOCC1. The molecule has 1 saturated heterocycles. The van der Waals surface area contributed by atoms with Crippen molar-refractivity contribution in [3.8, 4) is 0 Å². The van der Waals surface area contributed by atoms with Crippen LogP contribution in [0.2, 0.25) is 0 Å². The highest BCUT2D eigenvalue weighted by atomic mass is 79.9. The first-order valence-corrected chi connectivity index (χ1v) is 6.16. The Bertz CT molecular complexity index is 323. The molecule has 15 heavy (non-hydrogen) atoms. The summed E-state index contributed by atoms with van der Waals surface area (Å²) in [6.07, 6.45) is 2.14. The topological polar surface area (TPSA) is 35.2 Å². The zero-order valence-electron chi connectivity index (χ0n) is 8.66. The van der Waals surface area contributed by atoms with Gasteiger partial charge in [-0.3, -0.25) is 0 Å². The van der Waals surface area contributed by atoms with E-state index in [9.17, 15) is 0 Å². The van der Waals surface area contributed by atoms with E-state index < -0.39 is 0 Å². The lowest BCUT2D eigenvalue weighted by molar-refractivity contribution is 0.0583. The maximum Gasteiger partial charge on any atom is 0.0469 e. The van der Waals surface area contributed by atoms with Crippen molar-refractivity contribution in [2.75, 3.05) is 13.2 Å². The second-order valence-corrected chi connectivity index (χ2v) is 4.85. The van der Waals surface area contributed by atoms with Gasteiger partial charge < -0.3 is 10.5 Å². The standard InChI is InChI=1S/C12H16BrNO/c13-11-4-2-1-3-10(11)12(14)9-5-7-15-8-6-9/h1-4,9,12H,5-8,14H2/t12-/m0/s1. The third kappa shape index (κ3) is 2.60. The third-order valence-corrected chi connectivity index (χ3v) is 3.76. The molecule has 0 amide bonds. The van der Waals surface area contributed by atoms with Crippen molar-refractivity contribution in [2.45, 2.75) is 18.9 Å². The van der Waals surface area contributed by atoms with Gasteiger partial charge in [0, 0.05) is 23.7 Å². The van der Waals surface area contributed by atoms with Gasteiger partial charge in [0.1, 0.15) is 0 Å². The Hall–Kier alpha value is -0.380. The largest absolute Gasteiger partial charge is 0.381 e. The Morgan fingerprint density at radius 1 is 1.27 bits per heavy atom. The highest BCUT2D eigenvalue weighted by Crippen LogP contribution is 2.31. The lowest BCUT2D eigenvalue weighted by Gasteiger charge is -2.28. The number of halogens is 1. The van der Waals surface area contributed by atoms with Crippen molar-refractivity contribution in [1.82, 2.24) is 0 Å². The monoisotopic (exact) mass is 269 g/mol. The first kappa shape index (κ1) is 11.1. The Kier molecular flexibility index (Phi) is 3.78. The number of hydrogen-bond acceptors (Lipinski definition) is 2. The fourth-order valence-electron chi connectivity index (χ4n) is 2.07. The van der Waals surface area contributed by atoms with Crippen molar-refractivity contribution in [3.63, 3.8) is 0 Å². The minimum Gasteiger partial charge on any atom is -0.381 e. The molecule has 0 aromatic heterocycles. The van der Waals surface area contributed by atoms with E-state index in [0.29, 0.717) is 5.92 Å². The molecule has 1 aliphatic heterocycles. The summed E-state index contributed by atoms with van der Waals surface area (Å²) < 4.78 is 6.46. The van der Waals surface area contributed by atoms with Crippen LogP contribution in [-0.2, 0) is 4.74 Å². The second-order valence-electron chi connectivity index (χ2n) is 4.00. The van der Waals surface area contributed by atoms with Gasteiger partial charge in [0.25, 0.3) is 0 Å². The van der Waals surface area contributed by atoms with E-state index in [4.69, 9.17) is 10.5 Å². The molecule has 0 bridgehead atoms. The molecule has 0 aliphatic carbocycles. The molecule has 0 spiro atoms. The van der Waals surface area contributed by atoms with Crippen LogP contribution in [-0.4, -0.2) is 13.2 Å². The number of ether oxygens (including phenoxy) is 1. The van der Waals surface area contributed by atoms with Crippen LogP contribution in [0.1, 0.15) is 24.4 Å². The molecular formula is C12H16BrNO. The first-order valence-electron chi connectivity index (χ1n) is 5.37. The zero-order chi connectivity index (χ0) is 10.7. The molecule has 1 fully saturated rings. The minimum atomic E-state index is 0.129. The molecule has 1 aromatic rings. The fraction of sp³-hybridized carbons (Fsp3) is 0.500. The lowest BCUT2D eigenvalue weighted by Crippen LogP contribution is -2.27. The second kappa shape index (κ2) is 5.10. The van der Waals surface area contributed by atoms with Gasteiger partial charge in [0.2, 0.25) is 0 Å². The van der Waals surface area contributed by atoms with Crippen LogP contribution in [0.4, 0.5) is 0 Å². The van der Waals surface area contributed by atoms with E-state index in [2.05, 4.69) is 28.1 Å². The van der Waals surface area contributed by atoms with E-state index in [1.807, 2.05) is 12.1 Å². The zero-order valence-corrected chi connectivity index (χ0v) is 10.2. The minimum absolute atomic E-state index is 0.129. The summed E-state index contributed by atoms with van der Waals surface area (Å²) in [6, 6.07) is 8.34. The number of nitrogens with two attached hydrogens (primary N) is 1. The van der Waals surface area contributed by atoms with Crippen molar-refractivity contribution in [1.29, 1.82) is 0 Å². The molecule has 1 aliphatic rings. The lowest BCUT2D eigenvalue weighted by atomic mass is 9.88. The van der Waals surface area contributed by atoms with Gasteiger partial charge in [-0.05, 0) is 30.4 Å². The summed E-state index contributed by atoms with van der Waals surface area (Å²) >= 11 is 3.55. The normalized spacial score (nSPS) is 20.1. The summed E-state index contributed by atoms with van der Waals surface area (Å²) in [6.45, 7) is 1.70. The average molecular weight is 270 g/mol. The van der Waals surface area contributed by atoms with Crippen molar-refractivity contribution in [3.05, 3.63) is 34.3 Å². The Labute approximate surface area is 98.9 Å². The molecule has 2 N–H and O–H groups in total. The summed E-state index contributed by atoms with van der Waals surface area (Å²) in [5.41, 5.74) is 7.50. The summed E-state index contributed by atoms with van der Waals surface area (Å²) in [7, 11) is 0. The highest BCUT2D eigenvalue weighted by Gasteiger charge is 2.23. The molecule has 1 heterocycles. The first-order chi connectivity index (χ1) is 7.29. The van der Waals surface area contributed by atoms with Crippen LogP contribution in [0.3, 0.4) is 0 Å². The van der Waals surface area contributed by atoms with Crippen LogP contribution in [0.5, 0.6) is 0 Å². The van der Waals surface area contributed by atoms with Gasteiger partial charge in [-0.2, -0.15) is 0 Å². The molecule has 0 radical (unpaired) electrons. The van der Waals surface area contributed by atoms with E-state index >= 15 is 0 Å². The van der Waals surface area contributed by atoms with Gasteiger partial charge in [0.15, 0.2) is 0 Å². The van der Waals surface area contributed by atoms with Crippen LogP contribution < -0.4 is 5.73 Å². The molecule has 0 unspecified atom stereocenters. The Morgan fingerprint density at radius 3 is 2.60 bits per heavy atom. The van der Waals surface area contributed by atoms with Crippen molar-refractivity contribution < 1.29 is 4.74 Å². The van der Waals surface area contributed by atoms with Gasteiger partial charge in [-0.25, -0.2) is 0 Å². The average Bonchev–Trinajstić information content (AvgIpc) is 2.30. The molecule has 2 nitrogen and oxygen atoms in total. The van der Waals surface area contributed by atoms with Gasteiger partial charge in [-0.1, -0.05) is 34.1 Å². The molecule has 0 saturated carbocycles. The highest BCUT2D eigenvalue weighted by molar-refractivity contribution is 9.10. The number of benzene rings is 1.